The van der Waals surface area contributed by atoms with E-state index < -0.39 is 18.5 Å². The van der Waals surface area contributed by atoms with Gasteiger partial charge in [-0.15, -0.1) is 11.6 Å². The summed E-state index contributed by atoms with van der Waals surface area (Å²) in [4.78, 5) is 11.0. The van der Waals surface area contributed by atoms with Crippen LogP contribution in [0.5, 0.6) is 0 Å². The average Bonchev–Trinajstić information content (AvgIpc) is 2.15. The number of carbonyl (C=O) groups is 1. The van der Waals surface area contributed by atoms with Gasteiger partial charge >= 0.3 is 6.18 Å². The lowest BCUT2D eigenvalue weighted by atomic mass is 10.2. The Labute approximate surface area is 95.4 Å². The predicted molar refractivity (Wildman–Crippen MR) is 55.3 cm³/mol. The number of benzene rings is 1. The van der Waals surface area contributed by atoms with Gasteiger partial charge in [-0.1, -0.05) is 18.2 Å². The highest BCUT2D eigenvalue weighted by Gasteiger charge is 2.31. The Morgan fingerprint density at radius 1 is 1.31 bits per heavy atom. The third kappa shape index (κ3) is 4.10. The molecule has 0 aromatic heterocycles. The van der Waals surface area contributed by atoms with Gasteiger partial charge in [-0.3, -0.25) is 4.79 Å². The highest BCUT2D eigenvalue weighted by Crippen LogP contribution is 2.22. The van der Waals surface area contributed by atoms with Gasteiger partial charge in [0.25, 0.3) is 0 Å². The van der Waals surface area contributed by atoms with Gasteiger partial charge in [0.05, 0.1) is 0 Å². The number of carbonyl (C=O) groups excluding carboxylic acids is 1. The van der Waals surface area contributed by atoms with Crippen molar-refractivity contribution in [3.05, 3.63) is 29.8 Å². The van der Waals surface area contributed by atoms with E-state index in [2.05, 4.69) is 5.32 Å². The molecule has 1 amide bonds. The van der Waals surface area contributed by atoms with Crippen molar-refractivity contribution in [1.29, 1.82) is 0 Å². The number of anilines is 1. The van der Waals surface area contributed by atoms with Crippen LogP contribution in [0.2, 0.25) is 0 Å². The van der Waals surface area contributed by atoms with Crippen LogP contribution in [0.3, 0.4) is 0 Å². The summed E-state index contributed by atoms with van der Waals surface area (Å²) in [6.07, 6.45) is -6.00. The lowest BCUT2D eigenvalue weighted by molar-refractivity contribution is -0.150. The molecule has 2 nitrogen and oxygen atoms in total. The zero-order valence-electron chi connectivity index (χ0n) is 8.14. The van der Waals surface area contributed by atoms with Crippen molar-refractivity contribution in [3.8, 4) is 0 Å². The summed E-state index contributed by atoms with van der Waals surface area (Å²) >= 11 is 5.58. The zero-order valence-corrected chi connectivity index (χ0v) is 8.90. The maximum Gasteiger partial charge on any atom is 0.397 e. The van der Waals surface area contributed by atoms with Crippen molar-refractivity contribution < 1.29 is 18.0 Å². The maximum atomic E-state index is 11.9. The second kappa shape index (κ2) is 5.21. The first-order valence-corrected chi connectivity index (χ1v) is 4.96. The number of para-hydroxylation sites is 1. The van der Waals surface area contributed by atoms with Crippen LogP contribution in [0, 0.1) is 0 Å². The minimum absolute atomic E-state index is 0.127. The highest BCUT2D eigenvalue weighted by molar-refractivity contribution is 6.17. The molecule has 6 heteroatoms. The molecule has 0 spiro atoms. The first-order chi connectivity index (χ1) is 7.42. The molecule has 1 N–H and O–H groups in total. The van der Waals surface area contributed by atoms with Crippen molar-refractivity contribution in [2.24, 2.45) is 0 Å². The van der Waals surface area contributed by atoms with E-state index in [1.54, 1.807) is 18.2 Å². The molecule has 0 unspecified atom stereocenters. The Kier molecular flexibility index (Phi) is 4.18. The molecule has 0 aliphatic heterocycles. The van der Waals surface area contributed by atoms with Crippen LogP contribution < -0.4 is 5.32 Å². The molecule has 0 atom stereocenters. The van der Waals surface area contributed by atoms with E-state index in [1.807, 2.05) is 0 Å². The molecule has 0 saturated carbocycles. The Morgan fingerprint density at radius 3 is 2.50 bits per heavy atom. The second-order valence-electron chi connectivity index (χ2n) is 3.13. The van der Waals surface area contributed by atoms with Crippen molar-refractivity contribution in [2.75, 3.05) is 5.32 Å². The van der Waals surface area contributed by atoms with Crippen molar-refractivity contribution >= 4 is 23.2 Å². The van der Waals surface area contributed by atoms with E-state index >= 15 is 0 Å². The van der Waals surface area contributed by atoms with E-state index in [9.17, 15) is 18.0 Å². The summed E-state index contributed by atoms with van der Waals surface area (Å²) in [5.41, 5.74) is 0.895. The third-order valence-electron chi connectivity index (χ3n) is 1.80. The van der Waals surface area contributed by atoms with Crippen LogP contribution in [0.4, 0.5) is 18.9 Å². The second-order valence-corrected chi connectivity index (χ2v) is 3.40. The lowest BCUT2D eigenvalue weighted by Crippen LogP contribution is -2.21. The normalized spacial score (nSPS) is 11.2. The SMILES string of the molecule is O=C(CC(F)(F)F)Nc1ccccc1CCl. The molecular formula is C10H9ClF3NO. The topological polar surface area (TPSA) is 29.1 Å². The number of alkyl halides is 4. The van der Waals surface area contributed by atoms with Crippen LogP contribution in [0.1, 0.15) is 12.0 Å². The van der Waals surface area contributed by atoms with Crippen molar-refractivity contribution in [1.82, 2.24) is 0 Å². The fraction of sp³-hybridized carbons (Fsp3) is 0.300. The van der Waals surface area contributed by atoms with Gasteiger partial charge in [-0.2, -0.15) is 13.2 Å². The molecule has 0 fully saturated rings. The number of halogens is 4. The quantitative estimate of drug-likeness (QED) is 0.821. The Balaban J connectivity index is 2.70. The molecule has 88 valence electrons. The number of amides is 1. The summed E-state index contributed by atoms with van der Waals surface area (Å²) in [6.45, 7) is 0. The smallest absolute Gasteiger partial charge is 0.326 e. The molecule has 0 aliphatic carbocycles. The van der Waals surface area contributed by atoms with Crippen molar-refractivity contribution in [3.63, 3.8) is 0 Å². The molecule has 0 saturated heterocycles. The predicted octanol–water partition coefficient (Wildman–Crippen LogP) is 3.32. The van der Waals surface area contributed by atoms with E-state index in [0.717, 1.165) is 0 Å². The minimum atomic E-state index is -4.50. The monoisotopic (exact) mass is 251 g/mol. The van der Waals surface area contributed by atoms with Crippen LogP contribution in [0.15, 0.2) is 24.3 Å². The van der Waals surface area contributed by atoms with Crippen LogP contribution in [0.25, 0.3) is 0 Å². The van der Waals surface area contributed by atoms with Gasteiger partial charge in [0, 0.05) is 11.6 Å². The lowest BCUT2D eigenvalue weighted by Gasteiger charge is -2.10. The maximum absolute atomic E-state index is 11.9. The molecule has 0 aliphatic rings. The molecular weight excluding hydrogens is 243 g/mol. The molecule has 0 heterocycles. The molecule has 1 aromatic rings. The van der Waals surface area contributed by atoms with E-state index in [-0.39, 0.29) is 5.88 Å². The first kappa shape index (κ1) is 12.8. The van der Waals surface area contributed by atoms with Crippen LogP contribution >= 0.6 is 11.6 Å². The molecule has 1 aromatic carbocycles. The highest BCUT2D eigenvalue weighted by atomic mass is 35.5. The summed E-state index contributed by atoms with van der Waals surface area (Å²) in [5.74, 6) is -0.965. The number of hydrogen-bond donors (Lipinski definition) is 1. The summed E-state index contributed by atoms with van der Waals surface area (Å²) in [5, 5.41) is 2.17. The average molecular weight is 252 g/mol. The zero-order chi connectivity index (χ0) is 12.2. The fourth-order valence-corrected chi connectivity index (χ4v) is 1.37. The van der Waals surface area contributed by atoms with Crippen LogP contribution in [-0.2, 0) is 10.7 Å². The van der Waals surface area contributed by atoms with E-state index in [4.69, 9.17) is 11.6 Å². The largest absolute Gasteiger partial charge is 0.397 e. The van der Waals surface area contributed by atoms with Crippen LogP contribution in [-0.4, -0.2) is 12.1 Å². The number of hydrogen-bond acceptors (Lipinski definition) is 1. The molecule has 0 radical (unpaired) electrons. The van der Waals surface area contributed by atoms with Gasteiger partial charge in [-0.25, -0.2) is 0 Å². The summed E-state index contributed by atoms with van der Waals surface area (Å²) in [7, 11) is 0. The Morgan fingerprint density at radius 2 is 1.94 bits per heavy atom. The minimum Gasteiger partial charge on any atom is -0.326 e. The summed E-state index contributed by atoms with van der Waals surface area (Å²) < 4.78 is 35.7. The van der Waals surface area contributed by atoms with Gasteiger partial charge in [0.2, 0.25) is 5.91 Å². The Bertz CT molecular complexity index is 379. The molecule has 0 bridgehead atoms. The first-order valence-electron chi connectivity index (χ1n) is 4.43. The fourth-order valence-electron chi connectivity index (χ4n) is 1.14. The number of rotatable bonds is 3. The van der Waals surface area contributed by atoms with E-state index in [1.165, 1.54) is 6.07 Å². The molecule has 16 heavy (non-hydrogen) atoms. The summed E-state index contributed by atoms with van der Waals surface area (Å²) in [6, 6.07) is 6.44. The van der Waals surface area contributed by atoms with Gasteiger partial charge in [0.15, 0.2) is 0 Å². The van der Waals surface area contributed by atoms with Crippen molar-refractivity contribution in [2.45, 2.75) is 18.5 Å². The molecule has 1 rings (SSSR count). The Hall–Kier alpha value is -1.23. The van der Waals surface area contributed by atoms with Gasteiger partial charge in [0.1, 0.15) is 6.42 Å². The standard InChI is InChI=1S/C10H9ClF3NO/c11-6-7-3-1-2-4-8(7)15-9(16)5-10(12,13)14/h1-4H,5-6H2,(H,15,16). The van der Waals surface area contributed by atoms with Gasteiger partial charge in [-0.05, 0) is 11.6 Å². The third-order valence-corrected chi connectivity index (χ3v) is 2.08. The van der Waals surface area contributed by atoms with E-state index in [0.29, 0.717) is 11.3 Å². The van der Waals surface area contributed by atoms with Gasteiger partial charge < -0.3 is 5.32 Å². The number of nitrogens with one attached hydrogen (secondary N) is 1.